The van der Waals surface area contributed by atoms with Crippen LogP contribution in [0.2, 0.25) is 0 Å². The van der Waals surface area contributed by atoms with Crippen LogP contribution < -0.4 is 10.1 Å². The molecule has 2 atom stereocenters. The third-order valence-electron chi connectivity index (χ3n) is 5.55. The molecule has 0 radical (unpaired) electrons. The second-order valence-corrected chi connectivity index (χ2v) is 8.37. The van der Waals surface area contributed by atoms with Gasteiger partial charge < -0.3 is 15.0 Å². The van der Waals surface area contributed by atoms with E-state index < -0.39 is 6.04 Å². The summed E-state index contributed by atoms with van der Waals surface area (Å²) in [6.07, 6.45) is 1.25. The fourth-order valence-electron chi connectivity index (χ4n) is 3.46. The van der Waals surface area contributed by atoms with Crippen molar-refractivity contribution in [2.45, 2.75) is 72.0 Å². The van der Waals surface area contributed by atoms with Gasteiger partial charge in [0.05, 0.1) is 0 Å². The Bertz CT molecular complexity index is 883. The van der Waals surface area contributed by atoms with E-state index in [1.807, 2.05) is 45.0 Å². The van der Waals surface area contributed by atoms with Crippen LogP contribution in [0.3, 0.4) is 0 Å². The molecule has 0 aliphatic heterocycles. The maximum absolute atomic E-state index is 13.4. The summed E-state index contributed by atoms with van der Waals surface area (Å²) in [6, 6.07) is 13.0. The molecule has 0 fully saturated rings. The van der Waals surface area contributed by atoms with E-state index in [2.05, 4.69) is 19.2 Å². The largest absolute Gasteiger partial charge is 0.483 e. The van der Waals surface area contributed by atoms with Crippen LogP contribution in [0.4, 0.5) is 4.39 Å². The number of carbonyl (C=O) groups excluding carboxylic acids is 2. The summed E-state index contributed by atoms with van der Waals surface area (Å²) in [6.45, 7) is 9.95. The lowest BCUT2D eigenvalue weighted by molar-refractivity contribution is -0.143. The smallest absolute Gasteiger partial charge is 0.261 e. The van der Waals surface area contributed by atoms with Gasteiger partial charge in [0.1, 0.15) is 17.6 Å². The van der Waals surface area contributed by atoms with Crippen molar-refractivity contribution in [2.24, 2.45) is 0 Å². The average Bonchev–Trinajstić information content (AvgIpc) is 2.78. The van der Waals surface area contributed by atoms with E-state index in [1.165, 1.54) is 17.0 Å². The topological polar surface area (TPSA) is 58.6 Å². The number of hydrogen-bond acceptors (Lipinski definition) is 3. The molecule has 6 heteroatoms. The predicted octanol–water partition coefficient (Wildman–Crippen LogP) is 5.05. The molecule has 0 bridgehead atoms. The second kappa shape index (κ2) is 12.2. The molecule has 5 nitrogen and oxygen atoms in total. The number of benzene rings is 2. The van der Waals surface area contributed by atoms with Gasteiger partial charge in [-0.1, -0.05) is 58.0 Å². The number of carbonyl (C=O) groups is 2. The third kappa shape index (κ3) is 7.08. The van der Waals surface area contributed by atoms with E-state index in [1.54, 1.807) is 12.1 Å². The molecular formula is C26H35FN2O3. The highest BCUT2D eigenvalue weighted by molar-refractivity contribution is 5.88. The molecule has 32 heavy (non-hydrogen) atoms. The van der Waals surface area contributed by atoms with Crippen molar-refractivity contribution in [3.05, 3.63) is 65.5 Å². The van der Waals surface area contributed by atoms with Gasteiger partial charge in [-0.3, -0.25) is 9.59 Å². The Morgan fingerprint density at radius 3 is 2.25 bits per heavy atom. The van der Waals surface area contributed by atoms with E-state index in [0.717, 1.165) is 17.5 Å². The minimum atomic E-state index is -0.648. The molecule has 0 saturated heterocycles. The number of nitrogens with one attached hydrogen (secondary N) is 1. The van der Waals surface area contributed by atoms with Crippen LogP contribution in [0, 0.1) is 5.82 Å². The average molecular weight is 443 g/mol. The first kappa shape index (κ1) is 25.4. The summed E-state index contributed by atoms with van der Waals surface area (Å²) < 4.78 is 19.3. The fourth-order valence-corrected chi connectivity index (χ4v) is 3.46. The summed E-state index contributed by atoms with van der Waals surface area (Å²) in [5.74, 6) is 0.0803. The quantitative estimate of drug-likeness (QED) is 0.530. The monoisotopic (exact) mass is 442 g/mol. The Morgan fingerprint density at radius 1 is 1.00 bits per heavy atom. The van der Waals surface area contributed by atoms with Crippen LogP contribution in [0.1, 0.15) is 64.5 Å². The van der Waals surface area contributed by atoms with Crippen molar-refractivity contribution in [1.82, 2.24) is 10.2 Å². The first-order valence-electron chi connectivity index (χ1n) is 11.3. The lowest BCUT2D eigenvalue weighted by atomic mass is 10.0. The molecule has 0 aliphatic carbocycles. The van der Waals surface area contributed by atoms with E-state index in [-0.39, 0.29) is 42.7 Å². The van der Waals surface area contributed by atoms with Gasteiger partial charge in [0, 0.05) is 12.6 Å². The number of rotatable bonds is 11. The Hall–Kier alpha value is -2.89. The van der Waals surface area contributed by atoms with Crippen molar-refractivity contribution in [3.63, 3.8) is 0 Å². The van der Waals surface area contributed by atoms with Crippen LogP contribution in [-0.4, -0.2) is 35.4 Å². The van der Waals surface area contributed by atoms with Crippen LogP contribution in [0.15, 0.2) is 48.5 Å². The molecule has 0 aromatic heterocycles. The number of ether oxygens (including phenoxy) is 1. The minimum Gasteiger partial charge on any atom is -0.483 e. The summed E-state index contributed by atoms with van der Waals surface area (Å²) >= 11 is 0. The van der Waals surface area contributed by atoms with Gasteiger partial charge >= 0.3 is 0 Å². The molecule has 0 saturated carbocycles. The molecular weight excluding hydrogens is 407 g/mol. The lowest BCUT2D eigenvalue weighted by Crippen LogP contribution is -2.51. The molecule has 2 aromatic carbocycles. The highest BCUT2D eigenvalue weighted by Crippen LogP contribution is 2.26. The normalized spacial score (nSPS) is 12.8. The number of nitrogens with zero attached hydrogens (tertiary/aromatic N) is 1. The van der Waals surface area contributed by atoms with Gasteiger partial charge in [-0.2, -0.15) is 0 Å². The van der Waals surface area contributed by atoms with Gasteiger partial charge in [-0.05, 0) is 55.0 Å². The Balaban J connectivity index is 2.24. The van der Waals surface area contributed by atoms with E-state index in [4.69, 9.17) is 4.74 Å². The highest BCUT2D eigenvalue weighted by atomic mass is 19.1. The third-order valence-corrected chi connectivity index (χ3v) is 5.55. The maximum atomic E-state index is 13.4. The van der Waals surface area contributed by atoms with Crippen LogP contribution >= 0.6 is 0 Å². The summed E-state index contributed by atoms with van der Waals surface area (Å²) in [5.41, 5.74) is 1.77. The number of para-hydroxylation sites is 1. The Morgan fingerprint density at radius 2 is 1.66 bits per heavy atom. The van der Waals surface area contributed by atoms with E-state index in [0.29, 0.717) is 12.2 Å². The molecule has 0 spiro atoms. The van der Waals surface area contributed by atoms with Gasteiger partial charge in [-0.15, -0.1) is 0 Å². The zero-order valence-corrected chi connectivity index (χ0v) is 19.7. The Kier molecular flexibility index (Phi) is 9.69. The van der Waals surface area contributed by atoms with Gasteiger partial charge in [0.15, 0.2) is 6.61 Å². The lowest BCUT2D eigenvalue weighted by Gasteiger charge is -2.31. The summed E-state index contributed by atoms with van der Waals surface area (Å²) in [4.78, 5) is 27.8. The van der Waals surface area contributed by atoms with Crippen LogP contribution in [0.25, 0.3) is 0 Å². The summed E-state index contributed by atoms with van der Waals surface area (Å²) in [5, 5.41) is 2.98. The number of halogens is 1. The molecule has 174 valence electrons. The molecule has 2 aromatic rings. The predicted molar refractivity (Wildman–Crippen MR) is 125 cm³/mol. The van der Waals surface area contributed by atoms with E-state index >= 15 is 0 Å². The maximum Gasteiger partial charge on any atom is 0.261 e. The van der Waals surface area contributed by atoms with Crippen molar-refractivity contribution in [3.8, 4) is 5.75 Å². The van der Waals surface area contributed by atoms with Crippen molar-refractivity contribution < 1.29 is 18.7 Å². The van der Waals surface area contributed by atoms with Crippen LogP contribution in [-0.2, 0) is 16.1 Å². The molecule has 2 rings (SSSR count). The fraction of sp³-hybridized carbons (Fsp3) is 0.462. The minimum absolute atomic E-state index is 0.00786. The second-order valence-electron chi connectivity index (χ2n) is 8.37. The Labute approximate surface area is 191 Å². The molecule has 0 heterocycles. The SMILES string of the molecule is CC[C@@H](C)NC(=O)[C@@H](CC)N(Cc1ccc(F)cc1)C(=O)COc1ccccc1C(C)C. The van der Waals surface area contributed by atoms with Crippen molar-refractivity contribution in [1.29, 1.82) is 0 Å². The molecule has 0 unspecified atom stereocenters. The molecule has 2 amide bonds. The highest BCUT2D eigenvalue weighted by Gasteiger charge is 2.29. The van der Waals surface area contributed by atoms with Gasteiger partial charge in [0.2, 0.25) is 5.91 Å². The zero-order chi connectivity index (χ0) is 23.7. The number of hydrogen-bond donors (Lipinski definition) is 1. The van der Waals surface area contributed by atoms with E-state index in [9.17, 15) is 14.0 Å². The molecule has 1 N–H and O–H groups in total. The van der Waals surface area contributed by atoms with Gasteiger partial charge in [0.25, 0.3) is 5.91 Å². The van der Waals surface area contributed by atoms with Crippen molar-refractivity contribution in [2.75, 3.05) is 6.61 Å². The number of amides is 2. The zero-order valence-electron chi connectivity index (χ0n) is 19.7. The summed E-state index contributed by atoms with van der Waals surface area (Å²) in [7, 11) is 0. The standard InChI is InChI=1S/C26H35FN2O3/c1-6-19(5)28-26(31)23(7-2)29(16-20-12-14-21(27)15-13-20)25(30)17-32-24-11-9-8-10-22(24)18(3)4/h8-15,18-19,23H,6-7,16-17H2,1-5H3,(H,28,31)/t19-,23-/m1/s1. The van der Waals surface area contributed by atoms with Crippen LogP contribution in [0.5, 0.6) is 5.75 Å². The first-order valence-corrected chi connectivity index (χ1v) is 11.3. The van der Waals surface area contributed by atoms with Crippen molar-refractivity contribution >= 4 is 11.8 Å². The molecule has 0 aliphatic rings. The van der Waals surface area contributed by atoms with Gasteiger partial charge in [-0.25, -0.2) is 4.39 Å². The first-order chi connectivity index (χ1) is 15.3.